The number of morpholine rings is 1. The number of pyridine rings is 1. The Morgan fingerprint density at radius 2 is 1.53 bits per heavy atom. The van der Waals surface area contributed by atoms with Crippen molar-refractivity contribution in [3.05, 3.63) is 129 Å². The molecule has 16 nitrogen and oxygen atoms in total. The van der Waals surface area contributed by atoms with Crippen LogP contribution in [0, 0.1) is 6.92 Å². The summed E-state index contributed by atoms with van der Waals surface area (Å²) in [5.74, 6) is -1.56. The van der Waals surface area contributed by atoms with Gasteiger partial charge in [0.05, 0.1) is 45.6 Å². The first-order chi connectivity index (χ1) is 32.9. The Labute approximate surface area is 402 Å². The first kappa shape index (κ1) is 48.3. The summed E-state index contributed by atoms with van der Waals surface area (Å²) in [7, 11) is -4.44. The number of benzene rings is 3. The quantitative estimate of drug-likeness (QED) is 0.108. The van der Waals surface area contributed by atoms with Gasteiger partial charge in [0.15, 0.2) is 5.69 Å². The number of aromatic nitrogens is 3. The normalized spacial score (nSPS) is 14.9. The van der Waals surface area contributed by atoms with Gasteiger partial charge in [0.25, 0.3) is 33.7 Å². The molecule has 358 valence electrons. The zero-order valence-corrected chi connectivity index (χ0v) is 40.3. The van der Waals surface area contributed by atoms with Crippen LogP contribution in [0.4, 0.5) is 5.69 Å². The first-order valence-corrected chi connectivity index (χ1v) is 25.2. The van der Waals surface area contributed by atoms with Crippen LogP contribution >= 0.6 is 11.6 Å². The molecule has 0 saturated carbocycles. The Morgan fingerprint density at radius 3 is 2.25 bits per heavy atom. The van der Waals surface area contributed by atoms with E-state index in [0.717, 1.165) is 56.4 Å². The van der Waals surface area contributed by atoms with Gasteiger partial charge in [-0.3, -0.25) is 24.1 Å². The minimum absolute atomic E-state index is 0.0587. The maximum atomic E-state index is 14.6. The molecule has 0 radical (unpaired) electrons. The molecule has 0 bridgehead atoms. The number of nitrogens with zero attached hydrogens (tertiary/aromatic N) is 7. The van der Waals surface area contributed by atoms with Gasteiger partial charge in [-0.1, -0.05) is 62.6 Å². The molecule has 18 heteroatoms. The highest BCUT2D eigenvalue weighted by atomic mass is 35.5. The van der Waals surface area contributed by atoms with Crippen LogP contribution in [-0.2, 0) is 34.1 Å². The molecule has 1 N–H and O–H groups in total. The number of anilines is 1. The summed E-state index contributed by atoms with van der Waals surface area (Å²) >= 11 is 6.86. The maximum Gasteiger partial charge on any atom is 0.275 e. The van der Waals surface area contributed by atoms with Gasteiger partial charge in [-0.15, -0.1) is 0 Å². The van der Waals surface area contributed by atoms with Crippen molar-refractivity contribution in [1.29, 1.82) is 0 Å². The molecule has 2 aromatic heterocycles. The van der Waals surface area contributed by atoms with Crippen molar-refractivity contribution in [2.75, 3.05) is 70.5 Å². The summed E-state index contributed by atoms with van der Waals surface area (Å²) in [5, 5.41) is 4.84. The van der Waals surface area contributed by atoms with Crippen molar-refractivity contribution in [1.82, 2.24) is 34.2 Å². The lowest BCUT2D eigenvalue weighted by Gasteiger charge is -2.29. The third kappa shape index (κ3) is 10.6. The summed E-state index contributed by atoms with van der Waals surface area (Å²) in [6.07, 6.45) is 5.92. The number of halogens is 1. The Kier molecular flexibility index (Phi) is 15.2. The predicted octanol–water partition coefficient (Wildman–Crippen LogP) is 6.50. The van der Waals surface area contributed by atoms with E-state index in [-0.39, 0.29) is 44.2 Å². The number of carbonyl (C=O) groups excluding carboxylic acids is 4. The number of unbranched alkanes of at least 4 members (excludes halogenated alkanes) is 2. The van der Waals surface area contributed by atoms with Crippen molar-refractivity contribution in [3.8, 4) is 11.6 Å². The fourth-order valence-corrected chi connectivity index (χ4v) is 9.96. The van der Waals surface area contributed by atoms with E-state index in [4.69, 9.17) is 26.2 Å². The molecule has 1 fully saturated rings. The smallest absolute Gasteiger partial charge is 0.275 e. The summed E-state index contributed by atoms with van der Waals surface area (Å²) in [5.41, 5.74) is 4.41. The molecular weight excluding hydrogens is 908 g/mol. The van der Waals surface area contributed by atoms with Gasteiger partial charge >= 0.3 is 0 Å². The number of hydrogen-bond acceptors (Lipinski definition) is 11. The van der Waals surface area contributed by atoms with E-state index in [2.05, 4.69) is 28.5 Å². The minimum atomic E-state index is -4.44. The number of hydrogen-bond donors (Lipinski definition) is 1. The number of nitrogens with one attached hydrogen (secondary N) is 1. The van der Waals surface area contributed by atoms with Gasteiger partial charge in [0.1, 0.15) is 6.61 Å². The zero-order chi connectivity index (χ0) is 48.0. The molecule has 4 amide bonds. The van der Waals surface area contributed by atoms with Gasteiger partial charge in [-0.25, -0.2) is 22.8 Å². The monoisotopic (exact) mass is 964 g/mol. The molecule has 3 aliphatic heterocycles. The van der Waals surface area contributed by atoms with E-state index in [1.165, 1.54) is 41.2 Å². The highest BCUT2D eigenvalue weighted by Gasteiger charge is 2.32. The lowest BCUT2D eigenvalue weighted by molar-refractivity contribution is 0.0320. The predicted molar refractivity (Wildman–Crippen MR) is 257 cm³/mol. The number of sulfonamides is 1. The van der Waals surface area contributed by atoms with Crippen molar-refractivity contribution in [3.63, 3.8) is 0 Å². The van der Waals surface area contributed by atoms with Gasteiger partial charge in [0, 0.05) is 75.9 Å². The van der Waals surface area contributed by atoms with Crippen molar-refractivity contribution < 1.29 is 37.1 Å². The van der Waals surface area contributed by atoms with Crippen LogP contribution in [0.25, 0.3) is 5.69 Å². The molecule has 5 aromatic rings. The van der Waals surface area contributed by atoms with E-state index in [1.54, 1.807) is 39.8 Å². The Morgan fingerprint density at radius 1 is 0.824 bits per heavy atom. The average Bonchev–Trinajstić information content (AvgIpc) is 3.92. The third-order valence-corrected chi connectivity index (χ3v) is 14.5. The lowest BCUT2D eigenvalue weighted by atomic mass is 9.98. The first-order valence-electron chi connectivity index (χ1n) is 23.3. The molecule has 0 atom stereocenters. The number of amides is 4. The number of fused-ring (bicyclic) bond motifs is 2. The van der Waals surface area contributed by atoms with Crippen LogP contribution in [0.1, 0.15) is 103 Å². The molecule has 0 spiro atoms. The summed E-state index contributed by atoms with van der Waals surface area (Å²) in [6, 6.07) is 19.9. The van der Waals surface area contributed by atoms with Crippen LogP contribution in [-0.4, -0.2) is 127 Å². The largest absolute Gasteiger partial charge is 0.476 e. The van der Waals surface area contributed by atoms with E-state index in [0.29, 0.717) is 93.8 Å². The molecule has 5 heterocycles. The molecule has 0 unspecified atom stereocenters. The van der Waals surface area contributed by atoms with Crippen LogP contribution in [0.5, 0.6) is 5.88 Å². The SMILES string of the molecule is CCCCN(CCCC)C(=O)c1nn(-c2ccc(C(=O)NS(=O)(=O)c3ccc4c(c3)CCN4C(=O)c3ccc(OCCN4CCOCC4)nc3)cc2C(=O)N2CCc3ccccc3C2)c(C)c1Cl. The summed E-state index contributed by atoms with van der Waals surface area (Å²) in [4.78, 5) is 67.6. The number of carbonyl (C=O) groups is 4. The molecular formula is C50H57ClN8O8S. The second kappa shape index (κ2) is 21.4. The van der Waals surface area contributed by atoms with E-state index in [9.17, 15) is 27.6 Å². The fraction of sp³-hybridized carbons (Fsp3) is 0.400. The molecule has 68 heavy (non-hydrogen) atoms. The van der Waals surface area contributed by atoms with Crippen molar-refractivity contribution >= 4 is 50.9 Å². The zero-order valence-electron chi connectivity index (χ0n) is 38.7. The van der Waals surface area contributed by atoms with Gasteiger partial charge in [-0.2, -0.15) is 5.10 Å². The van der Waals surface area contributed by atoms with Crippen LogP contribution in [0.15, 0.2) is 83.9 Å². The van der Waals surface area contributed by atoms with Gasteiger partial charge in [-0.05, 0) is 91.8 Å². The Balaban J connectivity index is 1.01. The number of rotatable bonds is 17. The van der Waals surface area contributed by atoms with Gasteiger partial charge in [0.2, 0.25) is 5.88 Å². The Hall–Kier alpha value is -6.14. The molecule has 3 aromatic carbocycles. The molecule has 3 aliphatic rings. The Bertz CT molecular complexity index is 2790. The maximum absolute atomic E-state index is 14.6. The van der Waals surface area contributed by atoms with E-state index >= 15 is 0 Å². The van der Waals surface area contributed by atoms with Crippen molar-refractivity contribution in [2.45, 2.75) is 70.7 Å². The molecule has 0 aliphatic carbocycles. The summed E-state index contributed by atoms with van der Waals surface area (Å²) in [6.45, 7) is 12.3. The van der Waals surface area contributed by atoms with E-state index < -0.39 is 21.8 Å². The van der Waals surface area contributed by atoms with Crippen molar-refractivity contribution in [2.24, 2.45) is 0 Å². The average molecular weight is 966 g/mol. The van der Waals surface area contributed by atoms with Crippen LogP contribution in [0.3, 0.4) is 0 Å². The third-order valence-electron chi connectivity index (χ3n) is 12.7. The lowest BCUT2D eigenvalue weighted by Crippen LogP contribution is -2.38. The minimum Gasteiger partial charge on any atom is -0.476 e. The highest BCUT2D eigenvalue weighted by molar-refractivity contribution is 7.90. The number of ether oxygens (including phenoxy) is 2. The highest BCUT2D eigenvalue weighted by Crippen LogP contribution is 2.33. The second-order valence-corrected chi connectivity index (χ2v) is 19.3. The van der Waals surface area contributed by atoms with Crippen LogP contribution in [0.2, 0.25) is 5.02 Å². The van der Waals surface area contributed by atoms with E-state index in [1.807, 2.05) is 24.3 Å². The fourth-order valence-electron chi connectivity index (χ4n) is 8.74. The summed E-state index contributed by atoms with van der Waals surface area (Å²) < 4.78 is 42.6. The van der Waals surface area contributed by atoms with Gasteiger partial charge < -0.3 is 24.2 Å². The standard InChI is InChI=1S/C50H57ClN8O8S/c1-4-6-20-56(21-7-5-2)50(63)46-45(51)34(3)59(53-46)43-15-12-37(31-41(43)49(62)57-22-18-35-10-8-9-11-39(35)33-57)47(60)54-68(64,65)40-14-16-42-36(30-40)19-23-58(42)48(61)38-13-17-44(52-32-38)67-29-26-55-24-27-66-28-25-55/h8-17,30-32H,4-7,18-29,33H2,1-3H3,(H,54,60). The topological polar surface area (TPSA) is 177 Å². The molecule has 8 rings (SSSR count). The molecule has 1 saturated heterocycles. The van der Waals surface area contributed by atoms with Crippen LogP contribution < -0.4 is 14.4 Å². The second-order valence-electron chi connectivity index (χ2n) is 17.3.